The van der Waals surface area contributed by atoms with Crippen molar-refractivity contribution in [3.63, 3.8) is 0 Å². The van der Waals surface area contributed by atoms with Crippen molar-refractivity contribution in [3.8, 4) is 11.4 Å². The lowest BCUT2D eigenvalue weighted by Crippen LogP contribution is -2.21. The fourth-order valence-electron chi connectivity index (χ4n) is 2.85. The molecule has 0 aliphatic rings. The van der Waals surface area contributed by atoms with E-state index in [1.165, 1.54) is 0 Å². The molecule has 0 spiro atoms. The molecule has 0 unspecified atom stereocenters. The van der Waals surface area contributed by atoms with Gasteiger partial charge >= 0.3 is 0 Å². The molecule has 9 heteroatoms. The van der Waals surface area contributed by atoms with Crippen molar-refractivity contribution in [1.82, 2.24) is 19.2 Å². The van der Waals surface area contributed by atoms with Crippen LogP contribution in [-0.2, 0) is 16.6 Å². The van der Waals surface area contributed by atoms with Crippen LogP contribution in [0.4, 0.5) is 11.6 Å². The molecule has 148 valence electrons. The first-order chi connectivity index (χ1) is 13.4. The summed E-state index contributed by atoms with van der Waals surface area (Å²) in [6.45, 7) is 6.57. The van der Waals surface area contributed by atoms with Crippen molar-refractivity contribution in [1.29, 1.82) is 0 Å². The summed E-state index contributed by atoms with van der Waals surface area (Å²) in [4.78, 5) is 10.6. The highest BCUT2D eigenvalue weighted by Crippen LogP contribution is 2.19. The number of nitrogens with zero attached hydrogens (tertiary/aromatic N) is 5. The van der Waals surface area contributed by atoms with Gasteiger partial charge in [0.15, 0.2) is 5.82 Å². The number of hydrogen-bond donors (Lipinski definition) is 1. The van der Waals surface area contributed by atoms with Crippen LogP contribution >= 0.6 is 0 Å². The molecule has 28 heavy (non-hydrogen) atoms. The van der Waals surface area contributed by atoms with E-state index in [9.17, 15) is 8.42 Å². The summed E-state index contributed by atoms with van der Waals surface area (Å²) in [5, 5.41) is 7.21. The Morgan fingerprint density at radius 1 is 1.11 bits per heavy atom. The summed E-state index contributed by atoms with van der Waals surface area (Å²) in [5.74, 6) is 0.479. The second-order valence-electron chi connectivity index (χ2n) is 6.30. The van der Waals surface area contributed by atoms with Crippen molar-refractivity contribution in [2.75, 3.05) is 29.6 Å². The molecule has 0 saturated heterocycles. The van der Waals surface area contributed by atoms with Crippen molar-refractivity contribution >= 4 is 21.7 Å². The van der Waals surface area contributed by atoms with Crippen LogP contribution in [0.1, 0.15) is 19.4 Å². The quantitative estimate of drug-likeness (QED) is 0.621. The number of rotatable bonds is 8. The van der Waals surface area contributed by atoms with Crippen LogP contribution in [0.15, 0.2) is 48.8 Å². The molecule has 3 rings (SSSR count). The Bertz CT molecular complexity index is 1010. The largest absolute Gasteiger partial charge is 0.372 e. The van der Waals surface area contributed by atoms with Crippen LogP contribution in [0.2, 0.25) is 0 Å². The van der Waals surface area contributed by atoms with E-state index >= 15 is 0 Å². The fraction of sp³-hybridized carbons (Fsp3) is 0.316. The van der Waals surface area contributed by atoms with E-state index in [1.54, 1.807) is 24.5 Å². The zero-order chi connectivity index (χ0) is 20.1. The minimum absolute atomic E-state index is 0.175. The molecule has 0 radical (unpaired) electrons. The molecule has 0 amide bonds. The molecule has 0 bridgehead atoms. The molecule has 2 aromatic heterocycles. The molecule has 1 N–H and O–H groups in total. The third-order valence-corrected chi connectivity index (χ3v) is 5.21. The minimum Gasteiger partial charge on any atom is -0.372 e. The zero-order valence-corrected chi connectivity index (χ0v) is 17.0. The predicted molar refractivity (Wildman–Crippen MR) is 111 cm³/mol. The SMILES string of the molecule is CCN(CC)c1ccc(CNc2nc(-c3cccnc3)nn2S(C)(=O)=O)cc1. The molecule has 2 heterocycles. The number of anilines is 2. The van der Waals surface area contributed by atoms with Gasteiger partial charge in [0.25, 0.3) is 10.0 Å². The van der Waals surface area contributed by atoms with Crippen molar-refractivity contribution in [2.45, 2.75) is 20.4 Å². The zero-order valence-electron chi connectivity index (χ0n) is 16.2. The van der Waals surface area contributed by atoms with Gasteiger partial charge in [0.1, 0.15) is 0 Å². The van der Waals surface area contributed by atoms with Gasteiger partial charge in [-0.15, -0.1) is 9.19 Å². The van der Waals surface area contributed by atoms with Crippen LogP contribution in [0.3, 0.4) is 0 Å². The Morgan fingerprint density at radius 3 is 2.39 bits per heavy atom. The summed E-state index contributed by atoms with van der Waals surface area (Å²) in [6.07, 6.45) is 4.33. The summed E-state index contributed by atoms with van der Waals surface area (Å²) in [6, 6.07) is 11.7. The molecule has 0 atom stereocenters. The molecule has 0 saturated carbocycles. The molecule has 8 nitrogen and oxygen atoms in total. The molecule has 0 aliphatic heterocycles. The van der Waals surface area contributed by atoms with Crippen molar-refractivity contribution in [2.24, 2.45) is 0 Å². The number of pyridine rings is 1. The van der Waals surface area contributed by atoms with Gasteiger partial charge in [0.2, 0.25) is 5.95 Å². The van der Waals surface area contributed by atoms with Crippen LogP contribution in [0, 0.1) is 0 Å². The average Bonchev–Trinajstić information content (AvgIpc) is 3.14. The molecule has 3 aromatic rings. The molecule has 0 aliphatic carbocycles. The third kappa shape index (κ3) is 4.48. The van der Waals surface area contributed by atoms with Crippen molar-refractivity contribution < 1.29 is 8.42 Å². The first-order valence-corrected chi connectivity index (χ1v) is 10.9. The molecular formula is C19H24N6O2S. The van der Waals surface area contributed by atoms with E-state index in [0.717, 1.165) is 34.7 Å². The van der Waals surface area contributed by atoms with Gasteiger partial charge in [-0.25, -0.2) is 8.42 Å². The van der Waals surface area contributed by atoms with Gasteiger partial charge in [-0.1, -0.05) is 12.1 Å². The van der Waals surface area contributed by atoms with Crippen molar-refractivity contribution in [3.05, 3.63) is 54.4 Å². The van der Waals surface area contributed by atoms with Crippen LogP contribution in [-0.4, -0.2) is 46.9 Å². The first kappa shape index (κ1) is 19.8. The maximum Gasteiger partial charge on any atom is 0.254 e. The summed E-state index contributed by atoms with van der Waals surface area (Å²) < 4.78 is 25.1. The van der Waals surface area contributed by atoms with E-state index in [4.69, 9.17) is 0 Å². The Kier molecular flexibility index (Phi) is 5.93. The Balaban J connectivity index is 1.81. The normalized spacial score (nSPS) is 11.4. The maximum atomic E-state index is 12.1. The number of nitrogens with one attached hydrogen (secondary N) is 1. The van der Waals surface area contributed by atoms with Gasteiger partial charge < -0.3 is 10.2 Å². The highest BCUT2D eigenvalue weighted by Gasteiger charge is 2.18. The Hall–Kier alpha value is -2.94. The van der Waals surface area contributed by atoms with Gasteiger partial charge in [-0.2, -0.15) is 4.98 Å². The smallest absolute Gasteiger partial charge is 0.254 e. The van der Waals surface area contributed by atoms with Crippen LogP contribution < -0.4 is 10.2 Å². The van der Waals surface area contributed by atoms with Crippen LogP contribution in [0.5, 0.6) is 0 Å². The predicted octanol–water partition coefficient (Wildman–Crippen LogP) is 2.61. The van der Waals surface area contributed by atoms with Gasteiger partial charge in [0, 0.05) is 43.3 Å². The lowest BCUT2D eigenvalue weighted by molar-refractivity contribution is 0.587. The van der Waals surface area contributed by atoms with E-state index in [1.807, 2.05) is 12.1 Å². The number of benzene rings is 1. The maximum absolute atomic E-state index is 12.1. The number of aromatic nitrogens is 4. The van der Waals surface area contributed by atoms with Crippen LogP contribution in [0.25, 0.3) is 11.4 Å². The Labute approximate surface area is 165 Å². The molecular weight excluding hydrogens is 376 g/mol. The highest BCUT2D eigenvalue weighted by atomic mass is 32.2. The lowest BCUT2D eigenvalue weighted by Gasteiger charge is -2.21. The first-order valence-electron chi connectivity index (χ1n) is 9.08. The molecule has 1 aromatic carbocycles. The van der Waals surface area contributed by atoms with Gasteiger partial charge in [0.05, 0.1) is 6.26 Å². The van der Waals surface area contributed by atoms with E-state index in [2.05, 4.69) is 51.3 Å². The van der Waals surface area contributed by atoms with E-state index < -0.39 is 10.0 Å². The average molecular weight is 401 g/mol. The topological polar surface area (TPSA) is 93.0 Å². The molecule has 0 fully saturated rings. The van der Waals surface area contributed by atoms with Gasteiger partial charge in [-0.05, 0) is 43.7 Å². The standard InChI is InChI=1S/C19H24N6O2S/c1-4-24(5-2)17-10-8-15(9-11-17)13-21-19-22-18(16-7-6-12-20-14-16)23-25(19)28(3,26)27/h6-12,14H,4-5,13H2,1-3H3,(H,21,22,23). The fourth-order valence-corrected chi connectivity index (χ4v) is 3.49. The lowest BCUT2D eigenvalue weighted by atomic mass is 10.2. The second kappa shape index (κ2) is 8.39. The third-order valence-electron chi connectivity index (χ3n) is 4.33. The highest BCUT2D eigenvalue weighted by molar-refractivity contribution is 7.89. The summed E-state index contributed by atoms with van der Waals surface area (Å²) in [5.41, 5.74) is 2.82. The summed E-state index contributed by atoms with van der Waals surface area (Å²) in [7, 11) is -3.60. The Morgan fingerprint density at radius 2 is 1.82 bits per heavy atom. The van der Waals surface area contributed by atoms with Gasteiger partial charge in [-0.3, -0.25) is 4.98 Å². The minimum atomic E-state index is -3.60. The van der Waals surface area contributed by atoms with E-state index in [0.29, 0.717) is 17.9 Å². The summed E-state index contributed by atoms with van der Waals surface area (Å²) >= 11 is 0. The monoisotopic (exact) mass is 400 g/mol. The van der Waals surface area contributed by atoms with E-state index in [-0.39, 0.29) is 5.95 Å². The second-order valence-corrected chi connectivity index (χ2v) is 8.11. The number of hydrogen-bond acceptors (Lipinski definition) is 7.